The third-order valence-corrected chi connectivity index (χ3v) is 5.38. The summed E-state index contributed by atoms with van der Waals surface area (Å²) in [5.74, 6) is -0.403. The van der Waals surface area contributed by atoms with Gasteiger partial charge in [-0.2, -0.15) is 13.2 Å². The van der Waals surface area contributed by atoms with Gasteiger partial charge in [0.1, 0.15) is 15.9 Å². The van der Waals surface area contributed by atoms with Crippen molar-refractivity contribution in [2.45, 2.75) is 18.8 Å². The van der Waals surface area contributed by atoms with Crippen LogP contribution in [0, 0.1) is 0 Å². The Morgan fingerprint density at radius 2 is 1.85 bits per heavy atom. The van der Waals surface area contributed by atoms with Crippen molar-refractivity contribution in [1.82, 2.24) is 14.8 Å². The summed E-state index contributed by atoms with van der Waals surface area (Å²) in [6.45, 7) is 2.87. The van der Waals surface area contributed by atoms with Gasteiger partial charge in [0, 0.05) is 26.2 Å². The van der Waals surface area contributed by atoms with Crippen LogP contribution in [0.5, 0.6) is 0 Å². The Bertz CT molecular complexity index is 742. The van der Waals surface area contributed by atoms with E-state index in [4.69, 9.17) is 5.73 Å². The van der Waals surface area contributed by atoms with Gasteiger partial charge in [-0.1, -0.05) is 30.3 Å². The largest absolute Gasteiger partial charge is 0.427 e. The third kappa shape index (κ3) is 4.40. The van der Waals surface area contributed by atoms with Gasteiger partial charge < -0.3 is 5.73 Å². The smallest absolute Gasteiger partial charge is 0.368 e. The zero-order valence-corrected chi connectivity index (χ0v) is 14.8. The summed E-state index contributed by atoms with van der Waals surface area (Å²) in [4.78, 5) is 19.2. The number of primary amides is 1. The molecule has 1 amide bonds. The van der Waals surface area contributed by atoms with Gasteiger partial charge in [-0.25, -0.2) is 4.98 Å². The Morgan fingerprint density at radius 1 is 1.19 bits per heavy atom. The second-order valence-electron chi connectivity index (χ2n) is 6.14. The summed E-state index contributed by atoms with van der Waals surface area (Å²) < 4.78 is 38.0. The molecule has 1 aromatic carbocycles. The Balaban J connectivity index is 1.60. The molecule has 1 fully saturated rings. The molecule has 1 saturated heterocycles. The normalized spacial score (nSPS) is 18.0. The van der Waals surface area contributed by atoms with E-state index in [-0.39, 0.29) is 0 Å². The molecule has 2 aromatic rings. The van der Waals surface area contributed by atoms with Crippen molar-refractivity contribution >= 4 is 17.2 Å². The van der Waals surface area contributed by atoms with Crippen LogP contribution in [-0.4, -0.2) is 46.9 Å². The Kier molecular flexibility index (Phi) is 5.59. The molecular weight excluding hydrogens is 365 g/mol. The van der Waals surface area contributed by atoms with Gasteiger partial charge in [-0.3, -0.25) is 14.6 Å². The van der Waals surface area contributed by atoms with Crippen molar-refractivity contribution in [3.63, 3.8) is 0 Å². The molecule has 1 unspecified atom stereocenters. The lowest BCUT2D eigenvalue weighted by Gasteiger charge is -2.38. The maximum absolute atomic E-state index is 12.7. The molecule has 0 saturated carbocycles. The monoisotopic (exact) mass is 384 g/mol. The number of rotatable bonds is 5. The van der Waals surface area contributed by atoms with E-state index in [1.807, 2.05) is 40.1 Å². The summed E-state index contributed by atoms with van der Waals surface area (Å²) in [6, 6.07) is 8.86. The molecule has 3 rings (SSSR count). The minimum Gasteiger partial charge on any atom is -0.368 e. The van der Waals surface area contributed by atoms with Gasteiger partial charge in [-0.15, -0.1) is 11.3 Å². The summed E-state index contributed by atoms with van der Waals surface area (Å²) in [6.07, 6.45) is -3.46. The van der Waals surface area contributed by atoms with Crippen LogP contribution in [0.4, 0.5) is 13.2 Å². The second-order valence-corrected chi connectivity index (χ2v) is 7.26. The predicted molar refractivity (Wildman–Crippen MR) is 92.3 cm³/mol. The van der Waals surface area contributed by atoms with E-state index >= 15 is 0 Å². The highest BCUT2D eigenvalue weighted by Gasteiger charge is 2.34. The van der Waals surface area contributed by atoms with Crippen LogP contribution in [-0.2, 0) is 17.5 Å². The number of piperazine rings is 1. The van der Waals surface area contributed by atoms with Gasteiger partial charge in [-0.05, 0) is 5.56 Å². The third-order valence-electron chi connectivity index (χ3n) is 4.35. The van der Waals surface area contributed by atoms with Crippen molar-refractivity contribution in [2.75, 3.05) is 26.2 Å². The number of alkyl halides is 3. The molecule has 0 spiro atoms. The van der Waals surface area contributed by atoms with Crippen molar-refractivity contribution in [1.29, 1.82) is 0 Å². The lowest BCUT2D eigenvalue weighted by Crippen LogP contribution is -2.49. The zero-order chi connectivity index (χ0) is 18.7. The van der Waals surface area contributed by atoms with Crippen molar-refractivity contribution in [3.05, 3.63) is 52.0 Å². The number of carbonyl (C=O) groups excluding carboxylic acids is 1. The fourth-order valence-electron chi connectivity index (χ4n) is 3.08. The molecule has 0 aliphatic carbocycles. The highest BCUT2D eigenvalue weighted by Crippen LogP contribution is 2.33. The van der Waals surface area contributed by atoms with E-state index in [1.54, 1.807) is 0 Å². The topological polar surface area (TPSA) is 62.5 Å². The van der Waals surface area contributed by atoms with Crippen LogP contribution in [0.25, 0.3) is 0 Å². The first-order chi connectivity index (χ1) is 12.3. The lowest BCUT2D eigenvalue weighted by atomic mass is 10.0. The number of hydrogen-bond donors (Lipinski definition) is 1. The first kappa shape index (κ1) is 18.8. The average molecular weight is 384 g/mol. The fraction of sp³-hybridized carbons (Fsp3) is 0.412. The molecule has 1 aliphatic heterocycles. The maximum atomic E-state index is 12.7. The van der Waals surface area contributed by atoms with Gasteiger partial charge in [0.15, 0.2) is 0 Å². The second kappa shape index (κ2) is 7.73. The molecule has 0 bridgehead atoms. The number of amides is 1. The number of hydrogen-bond acceptors (Lipinski definition) is 5. The molecule has 5 nitrogen and oxygen atoms in total. The first-order valence-corrected chi connectivity index (χ1v) is 8.99. The van der Waals surface area contributed by atoms with Crippen molar-refractivity contribution < 1.29 is 18.0 Å². The standard InChI is InChI=1S/C17H19F3N4OS/c18-17(19,20)13-10-22-14(26-13)11-23-6-8-24(9-7-23)15(16(21)25)12-4-2-1-3-5-12/h1-5,10,15H,6-9,11H2,(H2,21,25). The van der Waals surface area contributed by atoms with E-state index in [1.165, 1.54) is 0 Å². The van der Waals surface area contributed by atoms with Crippen LogP contribution < -0.4 is 5.73 Å². The minimum atomic E-state index is -4.35. The van der Waals surface area contributed by atoms with Crippen LogP contribution in [0.15, 0.2) is 36.5 Å². The molecule has 1 aromatic heterocycles. The Labute approximate surface area is 153 Å². The Hall–Kier alpha value is -1.97. The highest BCUT2D eigenvalue weighted by atomic mass is 32.1. The summed E-state index contributed by atoms with van der Waals surface area (Å²) >= 11 is 0.677. The molecule has 0 radical (unpaired) electrons. The number of nitrogens with zero attached hydrogens (tertiary/aromatic N) is 3. The Morgan fingerprint density at radius 3 is 2.38 bits per heavy atom. The predicted octanol–water partition coefficient (Wildman–Crippen LogP) is 2.51. The van der Waals surface area contributed by atoms with Crippen LogP contribution in [0.3, 0.4) is 0 Å². The SMILES string of the molecule is NC(=O)C(c1ccccc1)N1CCN(Cc2ncc(C(F)(F)F)s2)CC1. The summed E-state index contributed by atoms with van der Waals surface area (Å²) in [5, 5.41) is 0.445. The number of benzene rings is 1. The molecule has 2 N–H and O–H groups in total. The fourth-order valence-corrected chi connectivity index (χ4v) is 3.90. The summed E-state index contributed by atoms with van der Waals surface area (Å²) in [5.41, 5.74) is 6.44. The number of nitrogens with two attached hydrogens (primary N) is 1. The molecule has 2 heterocycles. The highest BCUT2D eigenvalue weighted by molar-refractivity contribution is 7.11. The van der Waals surface area contributed by atoms with Gasteiger partial charge >= 0.3 is 6.18 Å². The van der Waals surface area contributed by atoms with Gasteiger partial charge in [0.05, 0.1) is 12.7 Å². The van der Waals surface area contributed by atoms with Crippen LogP contribution in [0.1, 0.15) is 21.5 Å². The number of halogens is 3. The van der Waals surface area contributed by atoms with Crippen LogP contribution >= 0.6 is 11.3 Å². The quantitative estimate of drug-likeness (QED) is 0.861. The number of carbonyl (C=O) groups is 1. The van der Waals surface area contributed by atoms with E-state index in [9.17, 15) is 18.0 Å². The van der Waals surface area contributed by atoms with Crippen molar-refractivity contribution in [3.8, 4) is 0 Å². The molecule has 26 heavy (non-hydrogen) atoms. The van der Waals surface area contributed by atoms with E-state index in [0.29, 0.717) is 49.1 Å². The maximum Gasteiger partial charge on any atom is 0.427 e. The van der Waals surface area contributed by atoms with E-state index in [2.05, 4.69) is 4.98 Å². The summed E-state index contributed by atoms with van der Waals surface area (Å²) in [7, 11) is 0. The molecule has 1 atom stereocenters. The first-order valence-electron chi connectivity index (χ1n) is 8.17. The van der Waals surface area contributed by atoms with Gasteiger partial charge in [0.25, 0.3) is 0 Å². The molecular formula is C17H19F3N4OS. The lowest BCUT2D eigenvalue weighted by molar-refractivity contribution is -0.134. The van der Waals surface area contributed by atoms with E-state index < -0.39 is 23.0 Å². The average Bonchev–Trinajstić information content (AvgIpc) is 3.06. The minimum absolute atomic E-state index is 0.376. The molecule has 9 heteroatoms. The van der Waals surface area contributed by atoms with Crippen molar-refractivity contribution in [2.24, 2.45) is 5.73 Å². The molecule has 1 aliphatic rings. The molecule has 140 valence electrons. The number of aromatic nitrogens is 1. The van der Waals surface area contributed by atoms with Gasteiger partial charge in [0.2, 0.25) is 5.91 Å². The number of thiazole rings is 1. The van der Waals surface area contributed by atoms with Crippen LogP contribution in [0.2, 0.25) is 0 Å². The zero-order valence-electron chi connectivity index (χ0n) is 13.9. The van der Waals surface area contributed by atoms with E-state index in [0.717, 1.165) is 11.8 Å².